The molecule has 1 N–H and O–H groups in total. The van der Waals surface area contributed by atoms with Crippen LogP contribution in [0.2, 0.25) is 0 Å². The molecule has 8 heteroatoms. The first-order valence-electron chi connectivity index (χ1n) is 4.38. The summed E-state index contributed by atoms with van der Waals surface area (Å²) in [5, 5.41) is 2.37. The van der Waals surface area contributed by atoms with Gasteiger partial charge in [0.25, 0.3) is 0 Å². The second-order valence-corrected chi connectivity index (χ2v) is 3.82. The Labute approximate surface area is 102 Å². The van der Waals surface area contributed by atoms with E-state index in [0.29, 0.717) is 6.07 Å². The predicted octanol–water partition coefficient (Wildman–Crippen LogP) is 3.68. The Bertz CT molecular complexity index is 372. The van der Waals surface area contributed by atoms with E-state index < -0.39 is 24.6 Å². The highest BCUT2D eigenvalue weighted by molar-refractivity contribution is 9.10. The predicted molar refractivity (Wildman–Crippen MR) is 54.6 cm³/mol. The Hall–Kier alpha value is -0.890. The van der Waals surface area contributed by atoms with Crippen LogP contribution in [0.1, 0.15) is 0 Å². The van der Waals surface area contributed by atoms with E-state index in [1.54, 1.807) is 0 Å². The largest absolute Gasteiger partial charge is 0.522 e. The van der Waals surface area contributed by atoms with Crippen LogP contribution in [0.25, 0.3) is 0 Å². The molecule has 0 aliphatic heterocycles. The third-order valence-corrected chi connectivity index (χ3v) is 2.30. The maximum Gasteiger partial charge on any atom is 0.522 e. The lowest BCUT2D eigenvalue weighted by Crippen LogP contribution is -2.19. The van der Waals surface area contributed by atoms with Gasteiger partial charge in [-0.25, -0.2) is 8.78 Å². The van der Waals surface area contributed by atoms with Crippen LogP contribution in [0.15, 0.2) is 16.6 Å². The highest BCUT2D eigenvalue weighted by Crippen LogP contribution is 2.26. The number of nitrogens with one attached hydrogen (secondary N) is 1. The van der Waals surface area contributed by atoms with Crippen LogP contribution in [0.5, 0.6) is 0 Å². The molecule has 0 aliphatic carbocycles. The summed E-state index contributed by atoms with van der Waals surface area (Å²) in [7, 11) is 0. The van der Waals surface area contributed by atoms with Gasteiger partial charge < -0.3 is 5.32 Å². The number of anilines is 1. The van der Waals surface area contributed by atoms with Crippen molar-refractivity contribution < 1.29 is 26.7 Å². The van der Waals surface area contributed by atoms with Crippen molar-refractivity contribution in [3.63, 3.8) is 0 Å². The maximum absolute atomic E-state index is 13.2. The standard InChI is InChI=1S/C9H7BrF5NO/c10-6-3-5(11)4-7(12)8(6)16-1-2-17-9(13,14)15/h3-4,16H,1-2H2. The summed E-state index contributed by atoms with van der Waals surface area (Å²) in [6, 6.07) is 1.62. The molecule has 0 heterocycles. The van der Waals surface area contributed by atoms with Crippen molar-refractivity contribution in [1.29, 1.82) is 0 Å². The molecule has 0 unspecified atom stereocenters. The molecule has 0 saturated heterocycles. The van der Waals surface area contributed by atoms with E-state index in [1.807, 2.05) is 0 Å². The van der Waals surface area contributed by atoms with Crippen LogP contribution in [-0.4, -0.2) is 19.5 Å². The number of hydrogen-bond acceptors (Lipinski definition) is 2. The fourth-order valence-electron chi connectivity index (χ4n) is 1.05. The van der Waals surface area contributed by atoms with E-state index in [0.717, 1.165) is 6.07 Å². The third kappa shape index (κ3) is 4.86. The van der Waals surface area contributed by atoms with Crippen LogP contribution in [0, 0.1) is 11.6 Å². The smallest absolute Gasteiger partial charge is 0.379 e. The molecule has 0 bridgehead atoms. The normalized spacial score (nSPS) is 11.6. The molecule has 0 atom stereocenters. The summed E-state index contributed by atoms with van der Waals surface area (Å²) in [5.74, 6) is -1.68. The van der Waals surface area contributed by atoms with Gasteiger partial charge in [0, 0.05) is 17.1 Å². The van der Waals surface area contributed by atoms with Crippen molar-refractivity contribution in [1.82, 2.24) is 0 Å². The fraction of sp³-hybridized carbons (Fsp3) is 0.333. The lowest BCUT2D eigenvalue weighted by molar-refractivity contribution is -0.322. The average Bonchev–Trinajstić information content (AvgIpc) is 2.13. The summed E-state index contributed by atoms with van der Waals surface area (Å²) < 4.78 is 64.3. The average molecular weight is 320 g/mol. The second kappa shape index (κ2) is 5.63. The Morgan fingerprint density at radius 1 is 1.24 bits per heavy atom. The number of ether oxygens (including phenoxy) is 1. The maximum atomic E-state index is 13.2. The van der Waals surface area contributed by atoms with Gasteiger partial charge in [0.2, 0.25) is 0 Å². The summed E-state index contributed by atoms with van der Waals surface area (Å²) in [6.07, 6.45) is -4.72. The van der Waals surface area contributed by atoms with Crippen molar-refractivity contribution >= 4 is 21.6 Å². The van der Waals surface area contributed by atoms with Gasteiger partial charge in [0.05, 0.1) is 12.3 Å². The number of benzene rings is 1. The number of rotatable bonds is 4. The lowest BCUT2D eigenvalue weighted by atomic mass is 10.3. The van der Waals surface area contributed by atoms with Crippen LogP contribution in [0.3, 0.4) is 0 Å². The zero-order valence-electron chi connectivity index (χ0n) is 8.24. The van der Waals surface area contributed by atoms with E-state index in [9.17, 15) is 22.0 Å². The van der Waals surface area contributed by atoms with Crippen molar-refractivity contribution in [2.75, 3.05) is 18.5 Å². The number of alkyl halides is 3. The molecule has 0 spiro atoms. The minimum absolute atomic E-state index is 0.0852. The highest BCUT2D eigenvalue weighted by Gasteiger charge is 2.28. The van der Waals surface area contributed by atoms with Gasteiger partial charge in [-0.05, 0) is 22.0 Å². The van der Waals surface area contributed by atoms with Gasteiger partial charge in [-0.2, -0.15) is 0 Å². The number of hydrogen-bond donors (Lipinski definition) is 1. The summed E-state index contributed by atoms with van der Waals surface area (Å²) in [5.41, 5.74) is -0.114. The molecule has 0 fully saturated rings. The molecule has 1 aromatic rings. The molecular weight excluding hydrogens is 313 g/mol. The second-order valence-electron chi connectivity index (χ2n) is 2.97. The first-order valence-corrected chi connectivity index (χ1v) is 5.18. The van der Waals surface area contributed by atoms with Gasteiger partial charge in [-0.15, -0.1) is 13.2 Å². The monoisotopic (exact) mass is 319 g/mol. The van der Waals surface area contributed by atoms with Crippen molar-refractivity contribution in [3.05, 3.63) is 28.2 Å². The van der Waals surface area contributed by atoms with Crippen LogP contribution >= 0.6 is 15.9 Å². The van der Waals surface area contributed by atoms with Crippen molar-refractivity contribution in [3.8, 4) is 0 Å². The molecule has 1 aromatic carbocycles. The van der Waals surface area contributed by atoms with E-state index in [4.69, 9.17) is 0 Å². The van der Waals surface area contributed by atoms with Crippen molar-refractivity contribution in [2.24, 2.45) is 0 Å². The van der Waals surface area contributed by atoms with Gasteiger partial charge in [0.1, 0.15) is 11.6 Å². The third-order valence-electron chi connectivity index (χ3n) is 1.68. The van der Waals surface area contributed by atoms with Crippen molar-refractivity contribution in [2.45, 2.75) is 6.36 Å². The molecule has 0 amide bonds. The molecule has 0 radical (unpaired) electrons. The molecule has 17 heavy (non-hydrogen) atoms. The summed E-state index contributed by atoms with van der Waals surface area (Å²) in [4.78, 5) is 0. The Balaban J connectivity index is 2.53. The van der Waals surface area contributed by atoms with E-state index >= 15 is 0 Å². The van der Waals surface area contributed by atoms with Crippen LogP contribution in [-0.2, 0) is 4.74 Å². The zero-order valence-corrected chi connectivity index (χ0v) is 9.83. The topological polar surface area (TPSA) is 21.3 Å². The molecule has 1 rings (SSSR count). The van der Waals surface area contributed by atoms with Crippen LogP contribution < -0.4 is 5.32 Å². The van der Waals surface area contributed by atoms with Gasteiger partial charge in [0.15, 0.2) is 0 Å². The molecular formula is C9H7BrF5NO. The molecule has 0 aliphatic rings. The zero-order chi connectivity index (χ0) is 13.1. The fourth-order valence-corrected chi connectivity index (χ4v) is 1.60. The summed E-state index contributed by atoms with van der Waals surface area (Å²) >= 11 is 2.88. The Morgan fingerprint density at radius 2 is 1.88 bits per heavy atom. The highest BCUT2D eigenvalue weighted by atomic mass is 79.9. The minimum Gasteiger partial charge on any atom is -0.379 e. The van der Waals surface area contributed by atoms with E-state index in [2.05, 4.69) is 26.0 Å². The molecule has 0 saturated carbocycles. The van der Waals surface area contributed by atoms with Crippen LogP contribution in [0.4, 0.5) is 27.6 Å². The first kappa shape index (κ1) is 14.2. The summed E-state index contributed by atoms with van der Waals surface area (Å²) in [6.45, 7) is -0.937. The SMILES string of the molecule is Fc1cc(F)c(NCCOC(F)(F)F)c(Br)c1. The Morgan fingerprint density at radius 3 is 2.41 bits per heavy atom. The first-order chi connectivity index (χ1) is 7.79. The molecule has 2 nitrogen and oxygen atoms in total. The number of halogens is 6. The Kier molecular flexibility index (Phi) is 4.70. The molecule has 96 valence electrons. The molecule has 0 aromatic heterocycles. The quantitative estimate of drug-likeness (QED) is 0.675. The van der Waals surface area contributed by atoms with Gasteiger partial charge in [-0.1, -0.05) is 0 Å². The van der Waals surface area contributed by atoms with Gasteiger partial charge in [-0.3, -0.25) is 4.74 Å². The lowest BCUT2D eigenvalue weighted by Gasteiger charge is -2.11. The minimum atomic E-state index is -4.72. The van der Waals surface area contributed by atoms with E-state index in [1.165, 1.54) is 0 Å². The van der Waals surface area contributed by atoms with E-state index in [-0.39, 0.29) is 16.7 Å². The van der Waals surface area contributed by atoms with Gasteiger partial charge >= 0.3 is 6.36 Å².